The predicted molar refractivity (Wildman–Crippen MR) is 75.7 cm³/mol. The maximum atomic E-state index is 12.9. The number of carbonyl (C=O) groups excluding carboxylic acids is 1. The van der Waals surface area contributed by atoms with E-state index in [-0.39, 0.29) is 11.8 Å². The standard InChI is InChI=1S/C16H22FNO2/c1-20-16(19)9-6-13-3-2-10-18(11-13)12-14-4-7-15(17)8-5-14/h4-5,7-8,13H,2-3,6,9-12H2,1H3. The van der Waals surface area contributed by atoms with Crippen molar-refractivity contribution in [1.82, 2.24) is 4.90 Å². The average molecular weight is 279 g/mol. The zero-order chi connectivity index (χ0) is 14.4. The second-order valence-corrected chi connectivity index (χ2v) is 5.48. The van der Waals surface area contributed by atoms with Gasteiger partial charge in [0.25, 0.3) is 0 Å². The zero-order valence-corrected chi connectivity index (χ0v) is 12.0. The van der Waals surface area contributed by atoms with E-state index >= 15 is 0 Å². The third kappa shape index (κ3) is 4.60. The van der Waals surface area contributed by atoms with Crippen LogP contribution in [0.25, 0.3) is 0 Å². The summed E-state index contributed by atoms with van der Waals surface area (Å²) in [5.74, 6) is 0.243. The highest BCUT2D eigenvalue weighted by molar-refractivity contribution is 5.69. The third-order valence-electron chi connectivity index (χ3n) is 3.91. The normalized spacial score (nSPS) is 19.8. The van der Waals surface area contributed by atoms with Crippen LogP contribution in [0.15, 0.2) is 24.3 Å². The number of esters is 1. The maximum Gasteiger partial charge on any atom is 0.305 e. The maximum absolute atomic E-state index is 12.9. The molecule has 0 amide bonds. The number of halogens is 1. The molecule has 0 aromatic heterocycles. The summed E-state index contributed by atoms with van der Waals surface area (Å²) in [6.45, 7) is 2.94. The van der Waals surface area contributed by atoms with Crippen LogP contribution in [0.5, 0.6) is 0 Å². The molecule has 1 heterocycles. The second-order valence-electron chi connectivity index (χ2n) is 5.48. The summed E-state index contributed by atoms with van der Waals surface area (Å²) in [5, 5.41) is 0. The minimum Gasteiger partial charge on any atom is -0.469 e. The molecule has 0 bridgehead atoms. The number of piperidine rings is 1. The van der Waals surface area contributed by atoms with Gasteiger partial charge in [0.15, 0.2) is 0 Å². The lowest BCUT2D eigenvalue weighted by atomic mass is 9.93. The van der Waals surface area contributed by atoms with Crippen molar-refractivity contribution in [3.63, 3.8) is 0 Å². The van der Waals surface area contributed by atoms with Gasteiger partial charge in [-0.05, 0) is 49.4 Å². The second kappa shape index (κ2) is 7.39. The van der Waals surface area contributed by atoms with Gasteiger partial charge in [-0.3, -0.25) is 9.69 Å². The summed E-state index contributed by atoms with van der Waals surface area (Å²) >= 11 is 0. The Bertz CT molecular complexity index is 433. The summed E-state index contributed by atoms with van der Waals surface area (Å²) in [4.78, 5) is 13.6. The fourth-order valence-electron chi connectivity index (χ4n) is 2.80. The molecule has 1 atom stereocenters. The Morgan fingerprint density at radius 3 is 2.85 bits per heavy atom. The van der Waals surface area contributed by atoms with Crippen LogP contribution in [0.4, 0.5) is 4.39 Å². The minimum absolute atomic E-state index is 0.124. The van der Waals surface area contributed by atoms with E-state index in [0.717, 1.165) is 38.0 Å². The van der Waals surface area contributed by atoms with Crippen LogP contribution in [0.3, 0.4) is 0 Å². The summed E-state index contributed by atoms with van der Waals surface area (Å²) < 4.78 is 17.6. The van der Waals surface area contributed by atoms with E-state index in [2.05, 4.69) is 9.64 Å². The predicted octanol–water partition coefficient (Wildman–Crippen LogP) is 2.99. The number of likely N-dealkylation sites (tertiary alicyclic amines) is 1. The van der Waals surface area contributed by atoms with Crippen LogP contribution in [0.2, 0.25) is 0 Å². The number of hydrogen-bond acceptors (Lipinski definition) is 3. The molecule has 1 aliphatic rings. The van der Waals surface area contributed by atoms with Crippen LogP contribution >= 0.6 is 0 Å². The van der Waals surface area contributed by atoms with E-state index < -0.39 is 0 Å². The Morgan fingerprint density at radius 2 is 2.15 bits per heavy atom. The van der Waals surface area contributed by atoms with Crippen LogP contribution < -0.4 is 0 Å². The molecular formula is C16H22FNO2. The van der Waals surface area contributed by atoms with E-state index in [1.807, 2.05) is 12.1 Å². The smallest absolute Gasteiger partial charge is 0.305 e. The van der Waals surface area contributed by atoms with Crippen molar-refractivity contribution in [2.24, 2.45) is 5.92 Å². The molecule has 1 aromatic carbocycles. The van der Waals surface area contributed by atoms with Gasteiger partial charge in [0.1, 0.15) is 5.82 Å². The van der Waals surface area contributed by atoms with Gasteiger partial charge in [0, 0.05) is 19.5 Å². The third-order valence-corrected chi connectivity index (χ3v) is 3.91. The van der Waals surface area contributed by atoms with Crippen LogP contribution in [0, 0.1) is 11.7 Å². The lowest BCUT2D eigenvalue weighted by Gasteiger charge is -2.32. The zero-order valence-electron chi connectivity index (χ0n) is 12.0. The van der Waals surface area contributed by atoms with Crippen molar-refractivity contribution >= 4 is 5.97 Å². The monoisotopic (exact) mass is 279 g/mol. The van der Waals surface area contributed by atoms with Crippen molar-refractivity contribution in [3.8, 4) is 0 Å². The molecule has 0 aliphatic carbocycles. The molecule has 2 rings (SSSR count). The first kappa shape index (κ1) is 15.0. The molecule has 4 heteroatoms. The van der Waals surface area contributed by atoms with Gasteiger partial charge < -0.3 is 4.74 Å². The average Bonchev–Trinajstić information content (AvgIpc) is 2.47. The number of rotatable bonds is 5. The van der Waals surface area contributed by atoms with Crippen LogP contribution in [-0.2, 0) is 16.1 Å². The van der Waals surface area contributed by atoms with Gasteiger partial charge in [0.05, 0.1) is 7.11 Å². The number of ether oxygens (including phenoxy) is 1. The van der Waals surface area contributed by atoms with Crippen LogP contribution in [0.1, 0.15) is 31.2 Å². The fraction of sp³-hybridized carbons (Fsp3) is 0.562. The molecule has 0 radical (unpaired) electrons. The Labute approximate surface area is 119 Å². The molecule has 1 saturated heterocycles. The number of methoxy groups -OCH3 is 1. The number of nitrogens with zero attached hydrogens (tertiary/aromatic N) is 1. The number of benzene rings is 1. The Hall–Kier alpha value is -1.42. The Morgan fingerprint density at radius 1 is 1.40 bits per heavy atom. The summed E-state index contributed by atoms with van der Waals surface area (Å²) in [6, 6.07) is 6.70. The molecule has 110 valence electrons. The Balaban J connectivity index is 1.81. The Kier molecular flexibility index (Phi) is 5.53. The highest BCUT2D eigenvalue weighted by Gasteiger charge is 2.20. The quantitative estimate of drug-likeness (QED) is 0.776. The first-order chi connectivity index (χ1) is 9.67. The summed E-state index contributed by atoms with van der Waals surface area (Å²) in [7, 11) is 1.43. The molecule has 20 heavy (non-hydrogen) atoms. The van der Waals surface area contributed by atoms with E-state index in [4.69, 9.17) is 0 Å². The molecule has 1 unspecified atom stereocenters. The molecule has 0 saturated carbocycles. The molecule has 0 spiro atoms. The molecule has 1 fully saturated rings. The molecular weight excluding hydrogens is 257 g/mol. The molecule has 0 N–H and O–H groups in total. The van der Waals surface area contributed by atoms with Gasteiger partial charge in [-0.25, -0.2) is 4.39 Å². The van der Waals surface area contributed by atoms with E-state index in [1.165, 1.54) is 25.7 Å². The highest BCUT2D eigenvalue weighted by atomic mass is 19.1. The van der Waals surface area contributed by atoms with Crippen molar-refractivity contribution in [1.29, 1.82) is 0 Å². The van der Waals surface area contributed by atoms with Crippen LogP contribution in [-0.4, -0.2) is 31.1 Å². The fourth-order valence-corrected chi connectivity index (χ4v) is 2.80. The van der Waals surface area contributed by atoms with Crippen molar-refractivity contribution < 1.29 is 13.9 Å². The van der Waals surface area contributed by atoms with Gasteiger partial charge >= 0.3 is 5.97 Å². The first-order valence-corrected chi connectivity index (χ1v) is 7.21. The molecule has 3 nitrogen and oxygen atoms in total. The number of hydrogen-bond donors (Lipinski definition) is 0. The molecule has 1 aromatic rings. The SMILES string of the molecule is COC(=O)CCC1CCCN(Cc2ccc(F)cc2)C1. The summed E-state index contributed by atoms with van der Waals surface area (Å²) in [5.41, 5.74) is 1.14. The van der Waals surface area contributed by atoms with Gasteiger partial charge in [-0.2, -0.15) is 0 Å². The largest absolute Gasteiger partial charge is 0.469 e. The minimum atomic E-state index is -0.191. The van der Waals surface area contributed by atoms with E-state index in [9.17, 15) is 9.18 Å². The van der Waals surface area contributed by atoms with E-state index in [1.54, 1.807) is 0 Å². The van der Waals surface area contributed by atoms with Gasteiger partial charge in [-0.15, -0.1) is 0 Å². The van der Waals surface area contributed by atoms with Gasteiger partial charge in [-0.1, -0.05) is 12.1 Å². The van der Waals surface area contributed by atoms with Gasteiger partial charge in [0.2, 0.25) is 0 Å². The lowest BCUT2D eigenvalue weighted by molar-refractivity contribution is -0.141. The van der Waals surface area contributed by atoms with Crippen molar-refractivity contribution in [2.45, 2.75) is 32.2 Å². The summed E-state index contributed by atoms with van der Waals surface area (Å²) in [6.07, 6.45) is 3.74. The van der Waals surface area contributed by atoms with E-state index in [0.29, 0.717) is 12.3 Å². The lowest BCUT2D eigenvalue weighted by Crippen LogP contribution is -2.35. The van der Waals surface area contributed by atoms with Crippen molar-refractivity contribution in [3.05, 3.63) is 35.6 Å². The van der Waals surface area contributed by atoms with Crippen molar-refractivity contribution in [2.75, 3.05) is 20.2 Å². The highest BCUT2D eigenvalue weighted by Crippen LogP contribution is 2.22. The first-order valence-electron chi connectivity index (χ1n) is 7.21. The molecule has 1 aliphatic heterocycles. The number of carbonyl (C=O) groups is 1. The topological polar surface area (TPSA) is 29.5 Å².